The van der Waals surface area contributed by atoms with E-state index in [4.69, 9.17) is 4.74 Å². The third-order valence-electron chi connectivity index (χ3n) is 5.00. The lowest BCUT2D eigenvalue weighted by atomic mass is 10.0. The first kappa shape index (κ1) is 25.6. The summed E-state index contributed by atoms with van der Waals surface area (Å²) in [7, 11) is 1.31. The Morgan fingerprint density at radius 2 is 1.83 bits per heavy atom. The van der Waals surface area contributed by atoms with Gasteiger partial charge in [-0.2, -0.15) is 0 Å². The molecule has 2 amide bonds. The average molecular weight is 421 g/mol. The number of nitrogens with zero attached hydrogens (tertiary/aromatic N) is 1. The van der Waals surface area contributed by atoms with Gasteiger partial charge < -0.3 is 15.4 Å². The second-order valence-electron chi connectivity index (χ2n) is 7.64. The molecule has 168 valence electrons. The summed E-state index contributed by atoms with van der Waals surface area (Å²) in [6.45, 7) is 6.47. The summed E-state index contributed by atoms with van der Waals surface area (Å²) >= 11 is 0. The first-order valence-corrected chi connectivity index (χ1v) is 11.0. The molecule has 1 aromatic heterocycles. The molecule has 0 aliphatic carbocycles. The Hall–Kier alpha value is -2.44. The van der Waals surface area contributed by atoms with Crippen LogP contribution in [0.5, 0.6) is 0 Å². The predicted octanol–water partition coefficient (Wildman–Crippen LogP) is 2.23. The minimum atomic E-state index is -0.701. The number of carbonyl (C=O) groups excluding carboxylic acids is 3. The molecule has 0 aromatic carbocycles. The highest BCUT2D eigenvalue weighted by Gasteiger charge is 2.21. The number of hydrogen-bond donors (Lipinski definition) is 2. The van der Waals surface area contributed by atoms with Crippen LogP contribution in [0.4, 0.5) is 0 Å². The Kier molecular flexibility index (Phi) is 12.4. The van der Waals surface area contributed by atoms with E-state index in [9.17, 15) is 14.4 Å². The molecule has 2 N–H and O–H groups in total. The Labute approximate surface area is 180 Å². The summed E-state index contributed by atoms with van der Waals surface area (Å²) in [5, 5.41) is 5.06. The van der Waals surface area contributed by atoms with Gasteiger partial charge >= 0.3 is 5.97 Å². The van der Waals surface area contributed by atoms with Crippen LogP contribution in [0.25, 0.3) is 0 Å². The maximum Gasteiger partial charge on any atom is 0.328 e. The lowest BCUT2D eigenvalue weighted by molar-refractivity contribution is -0.697. The minimum absolute atomic E-state index is 0.149. The van der Waals surface area contributed by atoms with E-state index < -0.39 is 17.9 Å². The van der Waals surface area contributed by atoms with Crippen molar-refractivity contribution in [3.8, 4) is 0 Å². The zero-order valence-electron chi connectivity index (χ0n) is 19.0. The quantitative estimate of drug-likeness (QED) is 0.274. The van der Waals surface area contributed by atoms with Crippen LogP contribution in [0.15, 0.2) is 18.5 Å². The highest BCUT2D eigenvalue weighted by molar-refractivity contribution is 5.87. The predicted molar refractivity (Wildman–Crippen MR) is 116 cm³/mol. The summed E-state index contributed by atoms with van der Waals surface area (Å²) in [4.78, 5) is 34.8. The number of nitrogens with one attached hydrogen (secondary N) is 2. The van der Waals surface area contributed by atoms with Crippen LogP contribution in [0.2, 0.25) is 0 Å². The molecule has 1 rings (SSSR count). The highest BCUT2D eigenvalue weighted by atomic mass is 16.5. The number of hydrogen-bond acceptors (Lipinski definition) is 4. The lowest BCUT2D eigenvalue weighted by Crippen LogP contribution is -2.45. The Morgan fingerprint density at radius 1 is 1.07 bits per heavy atom. The van der Waals surface area contributed by atoms with Crippen LogP contribution in [-0.4, -0.2) is 37.5 Å². The standard InChI is InChI=1S/C23H37N3O4/c1-5-7-11-20-17-26(15-13-19(20)10-6-2)14-9-8-12-21(23(29)30-4)25-22(28)16-24-18(3)27/h13,15,17,21H,5-12,14,16H2,1-4H3,(H-,24,25,27,28)/p+1/t21-/m0/s1. The summed E-state index contributed by atoms with van der Waals surface area (Å²) in [5.41, 5.74) is 2.87. The zero-order chi connectivity index (χ0) is 22.4. The van der Waals surface area contributed by atoms with Gasteiger partial charge in [0.1, 0.15) is 12.6 Å². The van der Waals surface area contributed by atoms with Gasteiger partial charge in [0, 0.05) is 25.0 Å². The van der Waals surface area contributed by atoms with Crippen molar-refractivity contribution < 1.29 is 23.7 Å². The molecule has 0 spiro atoms. The normalized spacial score (nSPS) is 11.6. The highest BCUT2D eigenvalue weighted by Crippen LogP contribution is 2.12. The first-order valence-electron chi connectivity index (χ1n) is 11.0. The summed E-state index contributed by atoms with van der Waals surface area (Å²) < 4.78 is 7.01. The number of ether oxygens (including phenoxy) is 1. The van der Waals surface area contributed by atoms with E-state index in [-0.39, 0.29) is 12.5 Å². The van der Waals surface area contributed by atoms with Gasteiger partial charge in [-0.3, -0.25) is 9.59 Å². The van der Waals surface area contributed by atoms with Gasteiger partial charge in [-0.25, -0.2) is 9.36 Å². The van der Waals surface area contributed by atoms with Crippen LogP contribution in [0.1, 0.15) is 70.4 Å². The molecule has 30 heavy (non-hydrogen) atoms. The van der Waals surface area contributed by atoms with Crippen LogP contribution in [0.3, 0.4) is 0 Å². The molecule has 0 fully saturated rings. The number of aryl methyl sites for hydroxylation is 3. The number of aromatic nitrogens is 1. The molecule has 0 bridgehead atoms. The molecule has 0 radical (unpaired) electrons. The fraction of sp³-hybridized carbons (Fsp3) is 0.652. The van der Waals surface area contributed by atoms with E-state index in [2.05, 4.69) is 47.5 Å². The van der Waals surface area contributed by atoms with Crippen molar-refractivity contribution in [3.63, 3.8) is 0 Å². The average Bonchev–Trinajstić information content (AvgIpc) is 2.73. The molecule has 0 saturated carbocycles. The number of methoxy groups -OCH3 is 1. The molecule has 1 atom stereocenters. The second-order valence-corrected chi connectivity index (χ2v) is 7.64. The van der Waals surface area contributed by atoms with E-state index in [1.54, 1.807) is 0 Å². The molecule has 0 unspecified atom stereocenters. The van der Waals surface area contributed by atoms with Gasteiger partial charge in [0.05, 0.1) is 13.7 Å². The summed E-state index contributed by atoms with van der Waals surface area (Å²) in [6, 6.07) is 1.53. The second kappa shape index (κ2) is 14.5. The van der Waals surface area contributed by atoms with Crippen molar-refractivity contribution in [2.75, 3.05) is 13.7 Å². The topological polar surface area (TPSA) is 88.4 Å². The zero-order valence-corrected chi connectivity index (χ0v) is 19.0. The summed E-state index contributed by atoms with van der Waals surface area (Å²) in [6.07, 6.45) is 12.3. The van der Waals surface area contributed by atoms with Gasteiger partial charge in [0.25, 0.3) is 0 Å². The number of pyridine rings is 1. The maximum atomic E-state index is 12.0. The van der Waals surface area contributed by atoms with Crippen LogP contribution >= 0.6 is 0 Å². The van der Waals surface area contributed by atoms with Crippen LogP contribution in [0, 0.1) is 0 Å². The molecule has 0 aliphatic heterocycles. The Morgan fingerprint density at radius 3 is 2.47 bits per heavy atom. The van der Waals surface area contributed by atoms with Gasteiger partial charge in [-0.05, 0) is 37.7 Å². The van der Waals surface area contributed by atoms with Crippen molar-refractivity contribution in [2.24, 2.45) is 0 Å². The van der Waals surface area contributed by atoms with E-state index in [0.29, 0.717) is 6.42 Å². The molecule has 1 aromatic rings. The number of carbonyl (C=O) groups is 3. The van der Waals surface area contributed by atoms with Gasteiger partial charge in [-0.15, -0.1) is 0 Å². The van der Waals surface area contributed by atoms with E-state index in [1.807, 2.05) is 0 Å². The molecule has 0 aliphatic rings. The van der Waals surface area contributed by atoms with Gasteiger partial charge in [0.15, 0.2) is 12.4 Å². The smallest absolute Gasteiger partial charge is 0.328 e. The van der Waals surface area contributed by atoms with E-state index >= 15 is 0 Å². The van der Waals surface area contributed by atoms with Gasteiger partial charge in [-0.1, -0.05) is 26.7 Å². The minimum Gasteiger partial charge on any atom is -0.467 e. The number of amides is 2. The largest absolute Gasteiger partial charge is 0.467 e. The van der Waals surface area contributed by atoms with Crippen LogP contribution < -0.4 is 15.2 Å². The Balaban J connectivity index is 2.57. The number of esters is 1. The number of unbranched alkanes of at least 4 members (excludes halogenated alkanes) is 2. The van der Waals surface area contributed by atoms with Crippen molar-refractivity contribution in [1.29, 1.82) is 0 Å². The molecule has 1 heterocycles. The lowest BCUT2D eigenvalue weighted by Gasteiger charge is -2.16. The van der Waals surface area contributed by atoms with E-state index in [1.165, 1.54) is 38.0 Å². The first-order chi connectivity index (χ1) is 14.4. The summed E-state index contributed by atoms with van der Waals surface area (Å²) in [5.74, 6) is -1.16. The SMILES string of the molecule is CCCCc1c[n+](CCCC[C@H](NC(=O)CNC(C)=O)C(=O)OC)ccc1CCC. The fourth-order valence-corrected chi connectivity index (χ4v) is 3.35. The molecule has 7 nitrogen and oxygen atoms in total. The molecule has 0 saturated heterocycles. The van der Waals surface area contributed by atoms with Crippen LogP contribution in [-0.2, 0) is 38.5 Å². The maximum absolute atomic E-state index is 12.0. The monoisotopic (exact) mass is 420 g/mol. The fourth-order valence-electron chi connectivity index (χ4n) is 3.35. The molecular formula is C23H38N3O4+. The third-order valence-corrected chi connectivity index (χ3v) is 5.00. The third kappa shape index (κ3) is 9.85. The molecule has 7 heteroatoms. The van der Waals surface area contributed by atoms with Crippen molar-refractivity contribution >= 4 is 17.8 Å². The number of rotatable bonds is 14. The Bertz CT molecular complexity index is 691. The van der Waals surface area contributed by atoms with Crippen molar-refractivity contribution in [3.05, 3.63) is 29.6 Å². The van der Waals surface area contributed by atoms with Crippen molar-refractivity contribution in [1.82, 2.24) is 10.6 Å². The van der Waals surface area contributed by atoms with E-state index in [0.717, 1.165) is 38.6 Å². The van der Waals surface area contributed by atoms with Crippen molar-refractivity contribution in [2.45, 2.75) is 84.7 Å². The van der Waals surface area contributed by atoms with Gasteiger partial charge in [0.2, 0.25) is 11.8 Å². The molecular weight excluding hydrogens is 382 g/mol.